The minimum absolute atomic E-state index is 0.525. The van der Waals surface area contributed by atoms with E-state index in [4.69, 9.17) is 4.52 Å². The fourth-order valence-electron chi connectivity index (χ4n) is 3.78. The summed E-state index contributed by atoms with van der Waals surface area (Å²) in [6, 6.07) is 2.70. The molecule has 118 valence electrons. The molecule has 2 fully saturated rings. The number of piperidine rings is 1. The summed E-state index contributed by atoms with van der Waals surface area (Å²) >= 11 is 1.74. The van der Waals surface area contributed by atoms with E-state index < -0.39 is 0 Å². The largest absolute Gasteiger partial charge is 0.360 e. The second kappa shape index (κ2) is 5.76. The molecule has 0 radical (unpaired) electrons. The van der Waals surface area contributed by atoms with E-state index in [0.717, 1.165) is 37.6 Å². The summed E-state index contributed by atoms with van der Waals surface area (Å²) < 4.78 is 5.45. The Bertz CT molecular complexity index is 618. The minimum Gasteiger partial charge on any atom is -0.360 e. The lowest BCUT2D eigenvalue weighted by Gasteiger charge is -2.28. The van der Waals surface area contributed by atoms with E-state index in [1.165, 1.54) is 24.3 Å². The van der Waals surface area contributed by atoms with Gasteiger partial charge < -0.3 is 9.84 Å². The number of nitrogens with zero attached hydrogens (tertiary/aromatic N) is 3. The highest BCUT2D eigenvalue weighted by molar-refractivity contribution is 7.09. The lowest BCUT2D eigenvalue weighted by molar-refractivity contribution is 0.170. The zero-order valence-corrected chi connectivity index (χ0v) is 13.7. The van der Waals surface area contributed by atoms with Gasteiger partial charge in [-0.2, -0.15) is 0 Å². The van der Waals surface area contributed by atoms with Gasteiger partial charge in [0.05, 0.1) is 18.8 Å². The maximum atomic E-state index is 5.45. The van der Waals surface area contributed by atoms with Gasteiger partial charge in [0.15, 0.2) is 5.76 Å². The van der Waals surface area contributed by atoms with Crippen molar-refractivity contribution in [3.63, 3.8) is 0 Å². The minimum atomic E-state index is 0.525. The Hall–Kier alpha value is -1.24. The molecule has 1 unspecified atom stereocenters. The van der Waals surface area contributed by atoms with Gasteiger partial charge in [0.1, 0.15) is 5.01 Å². The Morgan fingerprint density at radius 3 is 2.95 bits per heavy atom. The van der Waals surface area contributed by atoms with Crippen molar-refractivity contribution < 1.29 is 4.52 Å². The van der Waals surface area contributed by atoms with Gasteiger partial charge in [-0.3, -0.25) is 4.90 Å². The molecule has 1 saturated heterocycles. The molecular formula is C16H22N4OS. The SMILES string of the molecule is Cc1cc(CN(Cc2nccs2)C2CC23CCNCC3)on1. The summed E-state index contributed by atoms with van der Waals surface area (Å²) in [6.07, 6.45) is 5.79. The Morgan fingerprint density at radius 1 is 1.41 bits per heavy atom. The van der Waals surface area contributed by atoms with Crippen molar-refractivity contribution in [2.45, 2.75) is 45.3 Å². The van der Waals surface area contributed by atoms with E-state index in [1.807, 2.05) is 19.2 Å². The van der Waals surface area contributed by atoms with Crippen LogP contribution < -0.4 is 5.32 Å². The second-order valence-electron chi connectivity index (χ2n) is 6.60. The van der Waals surface area contributed by atoms with Crippen molar-refractivity contribution in [3.8, 4) is 0 Å². The van der Waals surface area contributed by atoms with E-state index in [2.05, 4.69) is 25.7 Å². The number of hydrogen-bond acceptors (Lipinski definition) is 6. The van der Waals surface area contributed by atoms with Crippen LogP contribution >= 0.6 is 11.3 Å². The molecule has 1 aliphatic carbocycles. The van der Waals surface area contributed by atoms with Crippen molar-refractivity contribution in [1.29, 1.82) is 0 Å². The van der Waals surface area contributed by atoms with Crippen LogP contribution in [0.2, 0.25) is 0 Å². The van der Waals surface area contributed by atoms with Crippen LogP contribution in [-0.2, 0) is 13.1 Å². The first-order chi connectivity index (χ1) is 10.8. The molecule has 1 saturated carbocycles. The number of thiazole rings is 1. The normalized spacial score (nSPS) is 23.3. The Morgan fingerprint density at radius 2 is 2.27 bits per heavy atom. The quantitative estimate of drug-likeness (QED) is 0.918. The molecule has 4 rings (SSSR count). The van der Waals surface area contributed by atoms with Gasteiger partial charge in [0.25, 0.3) is 0 Å². The van der Waals surface area contributed by atoms with Crippen LogP contribution in [0.25, 0.3) is 0 Å². The van der Waals surface area contributed by atoms with E-state index in [0.29, 0.717) is 11.5 Å². The number of nitrogens with one attached hydrogen (secondary N) is 1. The van der Waals surface area contributed by atoms with Crippen molar-refractivity contribution >= 4 is 11.3 Å². The first-order valence-corrected chi connectivity index (χ1v) is 8.88. The predicted octanol–water partition coefficient (Wildman–Crippen LogP) is 2.58. The van der Waals surface area contributed by atoms with Crippen LogP contribution in [0.5, 0.6) is 0 Å². The molecule has 5 nitrogen and oxygen atoms in total. The fourth-order valence-corrected chi connectivity index (χ4v) is 4.42. The number of aromatic nitrogens is 2. The van der Waals surface area contributed by atoms with Gasteiger partial charge in [-0.05, 0) is 44.7 Å². The highest BCUT2D eigenvalue weighted by Crippen LogP contribution is 2.56. The van der Waals surface area contributed by atoms with Gasteiger partial charge in [-0.25, -0.2) is 4.98 Å². The maximum Gasteiger partial charge on any atom is 0.150 e. The third-order valence-corrected chi connectivity index (χ3v) is 5.81. The molecule has 0 aromatic carbocycles. The lowest BCUT2D eigenvalue weighted by atomic mass is 9.93. The highest BCUT2D eigenvalue weighted by atomic mass is 32.1. The summed E-state index contributed by atoms with van der Waals surface area (Å²) in [6.45, 7) is 6.03. The van der Waals surface area contributed by atoms with Crippen LogP contribution in [0.1, 0.15) is 35.7 Å². The van der Waals surface area contributed by atoms with E-state index in [1.54, 1.807) is 11.3 Å². The lowest BCUT2D eigenvalue weighted by Crippen LogP contribution is -2.35. The van der Waals surface area contributed by atoms with Crippen LogP contribution in [0.15, 0.2) is 22.2 Å². The number of rotatable bonds is 5. The van der Waals surface area contributed by atoms with E-state index in [9.17, 15) is 0 Å². The molecule has 1 spiro atoms. The van der Waals surface area contributed by atoms with Crippen molar-refractivity contribution in [3.05, 3.63) is 34.1 Å². The topological polar surface area (TPSA) is 54.2 Å². The average molecular weight is 318 g/mol. The van der Waals surface area contributed by atoms with Crippen LogP contribution in [0.3, 0.4) is 0 Å². The van der Waals surface area contributed by atoms with E-state index in [-0.39, 0.29) is 0 Å². The molecule has 2 aromatic heterocycles. The Labute approximate surface area is 134 Å². The summed E-state index contributed by atoms with van der Waals surface area (Å²) in [5.74, 6) is 0.963. The van der Waals surface area contributed by atoms with Crippen molar-refractivity contribution in [2.24, 2.45) is 5.41 Å². The zero-order chi connectivity index (χ0) is 15.0. The summed E-state index contributed by atoms with van der Waals surface area (Å²) in [4.78, 5) is 7.01. The fraction of sp³-hybridized carbons (Fsp3) is 0.625. The molecular weight excluding hydrogens is 296 g/mol. The standard InChI is InChI=1S/C16H22N4OS/c1-12-8-13(21-19-12)10-20(11-15-18-6-7-22-15)14-9-16(14)2-4-17-5-3-16/h6-8,14,17H,2-5,9-11H2,1H3. The molecule has 1 atom stereocenters. The summed E-state index contributed by atoms with van der Waals surface area (Å²) in [7, 11) is 0. The second-order valence-corrected chi connectivity index (χ2v) is 7.58. The van der Waals surface area contributed by atoms with Gasteiger partial charge in [0.2, 0.25) is 0 Å². The first kappa shape index (κ1) is 14.4. The molecule has 22 heavy (non-hydrogen) atoms. The predicted molar refractivity (Wildman–Crippen MR) is 85.5 cm³/mol. The molecule has 2 aromatic rings. The first-order valence-electron chi connectivity index (χ1n) is 8.01. The van der Waals surface area contributed by atoms with Crippen molar-refractivity contribution in [2.75, 3.05) is 13.1 Å². The van der Waals surface area contributed by atoms with Gasteiger partial charge in [-0.1, -0.05) is 5.16 Å². The van der Waals surface area contributed by atoms with Gasteiger partial charge in [0, 0.05) is 23.7 Å². The smallest absolute Gasteiger partial charge is 0.150 e. The monoisotopic (exact) mass is 318 g/mol. The zero-order valence-electron chi connectivity index (χ0n) is 12.9. The van der Waals surface area contributed by atoms with Crippen molar-refractivity contribution in [1.82, 2.24) is 20.4 Å². The number of hydrogen-bond donors (Lipinski definition) is 1. The Kier molecular flexibility index (Phi) is 3.76. The summed E-state index contributed by atoms with van der Waals surface area (Å²) in [5.41, 5.74) is 1.48. The van der Waals surface area contributed by atoms with Crippen LogP contribution in [0, 0.1) is 12.3 Å². The van der Waals surface area contributed by atoms with Gasteiger partial charge >= 0.3 is 0 Å². The molecule has 1 N–H and O–H groups in total. The third-order valence-electron chi connectivity index (χ3n) is 5.04. The third kappa shape index (κ3) is 2.83. The molecule has 6 heteroatoms. The molecule has 0 bridgehead atoms. The van der Waals surface area contributed by atoms with E-state index >= 15 is 0 Å². The van der Waals surface area contributed by atoms with Crippen LogP contribution in [-0.4, -0.2) is 34.2 Å². The molecule has 2 aliphatic rings. The molecule has 0 amide bonds. The Balaban J connectivity index is 1.50. The highest BCUT2D eigenvalue weighted by Gasteiger charge is 2.56. The average Bonchev–Trinajstić information content (AvgIpc) is 2.90. The maximum absolute atomic E-state index is 5.45. The van der Waals surface area contributed by atoms with Crippen LogP contribution in [0.4, 0.5) is 0 Å². The molecule has 1 aliphatic heterocycles. The number of aryl methyl sites for hydroxylation is 1. The summed E-state index contributed by atoms with van der Waals surface area (Å²) in [5, 5.41) is 10.7. The molecule has 3 heterocycles. The van der Waals surface area contributed by atoms with Gasteiger partial charge in [-0.15, -0.1) is 11.3 Å².